The molecule has 0 spiro atoms. The van der Waals surface area contributed by atoms with Crippen molar-refractivity contribution in [3.05, 3.63) is 10.6 Å². The average Bonchev–Trinajstić information content (AvgIpc) is 2.75. The molecule has 1 rings (SSSR count). The summed E-state index contributed by atoms with van der Waals surface area (Å²) in [6.07, 6.45) is 3.45. The van der Waals surface area contributed by atoms with Gasteiger partial charge in [0.2, 0.25) is 0 Å². The van der Waals surface area contributed by atoms with Gasteiger partial charge in [-0.3, -0.25) is 0 Å². The van der Waals surface area contributed by atoms with Gasteiger partial charge in [0.1, 0.15) is 0 Å². The van der Waals surface area contributed by atoms with Gasteiger partial charge in [-0.05, 0) is 33.2 Å². The van der Waals surface area contributed by atoms with Crippen LogP contribution in [0.25, 0.3) is 0 Å². The van der Waals surface area contributed by atoms with Gasteiger partial charge < -0.3 is 10.2 Å². The van der Waals surface area contributed by atoms with E-state index < -0.39 is 0 Å². The summed E-state index contributed by atoms with van der Waals surface area (Å²) < 4.78 is 0. The summed E-state index contributed by atoms with van der Waals surface area (Å²) in [6, 6.07) is 0. The van der Waals surface area contributed by atoms with Crippen LogP contribution in [0.15, 0.2) is 0 Å². The molecule has 1 heterocycles. The molecule has 0 saturated heterocycles. The van der Waals surface area contributed by atoms with Gasteiger partial charge >= 0.3 is 0 Å². The zero-order valence-corrected chi connectivity index (χ0v) is 13.1. The maximum absolute atomic E-state index is 4.83. The summed E-state index contributed by atoms with van der Waals surface area (Å²) in [5.74, 6) is 0. The molecule has 0 aliphatic carbocycles. The Morgan fingerprint density at radius 2 is 1.83 bits per heavy atom. The van der Waals surface area contributed by atoms with Crippen LogP contribution in [-0.2, 0) is 13.0 Å². The van der Waals surface area contributed by atoms with E-state index in [1.165, 1.54) is 28.5 Å². The van der Waals surface area contributed by atoms with Crippen molar-refractivity contribution >= 4 is 16.5 Å². The van der Waals surface area contributed by atoms with E-state index in [1.54, 1.807) is 0 Å². The molecule has 0 aliphatic rings. The Morgan fingerprint density at radius 1 is 1.11 bits per heavy atom. The van der Waals surface area contributed by atoms with Gasteiger partial charge in [0.15, 0.2) is 5.13 Å². The molecule has 0 radical (unpaired) electrons. The summed E-state index contributed by atoms with van der Waals surface area (Å²) >= 11 is 1.86. The zero-order valence-electron chi connectivity index (χ0n) is 12.3. The Balaban J connectivity index is 2.78. The van der Waals surface area contributed by atoms with Crippen LogP contribution < -0.4 is 10.2 Å². The van der Waals surface area contributed by atoms with Crippen molar-refractivity contribution in [1.82, 2.24) is 10.3 Å². The number of aryl methyl sites for hydroxylation is 1. The zero-order chi connectivity index (χ0) is 13.4. The fraction of sp³-hybridized carbons (Fsp3) is 0.786. The van der Waals surface area contributed by atoms with Gasteiger partial charge in [0, 0.05) is 24.5 Å². The lowest BCUT2D eigenvalue weighted by molar-refractivity contribution is 0.674. The minimum atomic E-state index is 0.974. The van der Waals surface area contributed by atoms with Crippen molar-refractivity contribution in [2.45, 2.75) is 53.5 Å². The number of aromatic nitrogens is 1. The van der Waals surface area contributed by atoms with Crippen LogP contribution in [0.1, 0.15) is 51.1 Å². The van der Waals surface area contributed by atoms with E-state index >= 15 is 0 Å². The summed E-state index contributed by atoms with van der Waals surface area (Å²) in [5, 5.41) is 4.68. The Bertz CT molecular complexity index is 332. The topological polar surface area (TPSA) is 28.2 Å². The second-order valence-electron chi connectivity index (χ2n) is 4.47. The molecule has 0 saturated carbocycles. The highest BCUT2D eigenvalue weighted by molar-refractivity contribution is 7.15. The highest BCUT2D eigenvalue weighted by atomic mass is 32.1. The lowest BCUT2D eigenvalue weighted by Crippen LogP contribution is -2.21. The molecule has 1 aromatic heterocycles. The minimum absolute atomic E-state index is 0.974. The first kappa shape index (κ1) is 15.4. The molecule has 3 nitrogen and oxygen atoms in total. The largest absolute Gasteiger partial charge is 0.349 e. The van der Waals surface area contributed by atoms with E-state index in [4.69, 9.17) is 4.98 Å². The standard InChI is InChI=1S/C14H27N3S/c1-5-9-12-13(11-15-10-6-2)18-14(16-12)17(7-3)8-4/h15H,5-11H2,1-4H3. The molecule has 0 atom stereocenters. The van der Waals surface area contributed by atoms with E-state index in [2.05, 4.69) is 37.9 Å². The van der Waals surface area contributed by atoms with Crippen LogP contribution >= 0.6 is 11.3 Å². The third kappa shape index (κ3) is 4.25. The van der Waals surface area contributed by atoms with Gasteiger partial charge in [-0.15, -0.1) is 11.3 Å². The summed E-state index contributed by atoms with van der Waals surface area (Å²) in [7, 11) is 0. The van der Waals surface area contributed by atoms with Crippen LogP contribution in [0, 0.1) is 0 Å². The molecule has 1 aromatic rings. The maximum atomic E-state index is 4.83. The number of nitrogens with one attached hydrogen (secondary N) is 1. The van der Waals surface area contributed by atoms with Crippen LogP contribution in [-0.4, -0.2) is 24.6 Å². The first-order valence-electron chi connectivity index (χ1n) is 7.20. The van der Waals surface area contributed by atoms with E-state index in [0.717, 1.165) is 32.6 Å². The normalized spacial score (nSPS) is 10.9. The van der Waals surface area contributed by atoms with Crippen molar-refractivity contribution in [3.8, 4) is 0 Å². The monoisotopic (exact) mass is 269 g/mol. The molecule has 1 N–H and O–H groups in total. The van der Waals surface area contributed by atoms with E-state index in [-0.39, 0.29) is 0 Å². The van der Waals surface area contributed by atoms with Crippen LogP contribution in [0.2, 0.25) is 0 Å². The molecular weight excluding hydrogens is 242 g/mol. The smallest absolute Gasteiger partial charge is 0.185 e. The fourth-order valence-electron chi connectivity index (χ4n) is 1.95. The van der Waals surface area contributed by atoms with Gasteiger partial charge in [-0.25, -0.2) is 4.98 Å². The summed E-state index contributed by atoms with van der Waals surface area (Å²) in [5.41, 5.74) is 1.30. The Hall–Kier alpha value is -0.610. The molecule has 0 bridgehead atoms. The van der Waals surface area contributed by atoms with Crippen molar-refractivity contribution in [2.75, 3.05) is 24.5 Å². The molecule has 104 valence electrons. The number of hydrogen-bond donors (Lipinski definition) is 1. The second-order valence-corrected chi connectivity index (χ2v) is 5.53. The Labute approximate surface area is 116 Å². The predicted octanol–water partition coefficient (Wildman–Crippen LogP) is 3.44. The van der Waals surface area contributed by atoms with E-state index in [9.17, 15) is 0 Å². The van der Waals surface area contributed by atoms with Crippen molar-refractivity contribution in [2.24, 2.45) is 0 Å². The Kier molecular flexibility index (Phi) is 7.28. The third-order valence-corrected chi connectivity index (χ3v) is 4.16. The summed E-state index contributed by atoms with van der Waals surface area (Å²) in [6.45, 7) is 13.0. The molecule has 0 aliphatic heterocycles. The quantitative estimate of drug-likeness (QED) is 0.696. The second kappa shape index (κ2) is 8.48. The fourth-order valence-corrected chi connectivity index (χ4v) is 3.15. The van der Waals surface area contributed by atoms with Crippen LogP contribution in [0.5, 0.6) is 0 Å². The first-order chi connectivity index (χ1) is 8.76. The lowest BCUT2D eigenvalue weighted by Gasteiger charge is -2.16. The highest BCUT2D eigenvalue weighted by Crippen LogP contribution is 2.27. The van der Waals surface area contributed by atoms with Gasteiger partial charge in [-0.2, -0.15) is 0 Å². The van der Waals surface area contributed by atoms with Crippen LogP contribution in [0.4, 0.5) is 5.13 Å². The van der Waals surface area contributed by atoms with Gasteiger partial charge in [0.05, 0.1) is 5.69 Å². The number of hydrogen-bond acceptors (Lipinski definition) is 4. The lowest BCUT2D eigenvalue weighted by atomic mass is 10.2. The highest BCUT2D eigenvalue weighted by Gasteiger charge is 2.13. The maximum Gasteiger partial charge on any atom is 0.185 e. The number of nitrogens with zero attached hydrogens (tertiary/aromatic N) is 2. The molecule has 0 unspecified atom stereocenters. The van der Waals surface area contributed by atoms with E-state index in [1.807, 2.05) is 11.3 Å². The number of thiazole rings is 1. The average molecular weight is 269 g/mol. The SMILES string of the molecule is CCCNCc1sc(N(CC)CC)nc1CCC. The first-order valence-corrected chi connectivity index (χ1v) is 8.02. The summed E-state index contributed by atoms with van der Waals surface area (Å²) in [4.78, 5) is 8.59. The molecule has 18 heavy (non-hydrogen) atoms. The molecule has 0 fully saturated rings. The molecule has 4 heteroatoms. The predicted molar refractivity (Wildman–Crippen MR) is 81.7 cm³/mol. The minimum Gasteiger partial charge on any atom is -0.349 e. The van der Waals surface area contributed by atoms with Gasteiger partial charge in [0.25, 0.3) is 0 Å². The van der Waals surface area contributed by atoms with Crippen molar-refractivity contribution in [1.29, 1.82) is 0 Å². The van der Waals surface area contributed by atoms with E-state index in [0.29, 0.717) is 0 Å². The van der Waals surface area contributed by atoms with Crippen molar-refractivity contribution in [3.63, 3.8) is 0 Å². The Morgan fingerprint density at radius 3 is 2.39 bits per heavy atom. The molecule has 0 aromatic carbocycles. The van der Waals surface area contributed by atoms with Crippen LogP contribution in [0.3, 0.4) is 0 Å². The molecular formula is C14H27N3S. The molecule has 0 amide bonds. The number of rotatable bonds is 9. The number of anilines is 1. The van der Waals surface area contributed by atoms with Gasteiger partial charge in [-0.1, -0.05) is 20.3 Å². The third-order valence-electron chi connectivity index (χ3n) is 3.00. The van der Waals surface area contributed by atoms with Crippen molar-refractivity contribution < 1.29 is 0 Å².